The number of carbonyl (C=O) groups is 1. The standard InChI is InChI=1S/C17H22N4O2.ClH/c1-11-5-7-13(8-6-11)21-16(22)9-15(20-21)17(23)19-14-4-2-3-12(14)10-18;/h5-9,12,14,20H,2-4,10,18H2,1H3,(H,19,23);1H. The molecule has 1 saturated carbocycles. The number of halogens is 1. The minimum Gasteiger partial charge on any atom is -0.348 e. The van der Waals surface area contributed by atoms with E-state index in [9.17, 15) is 9.59 Å². The highest BCUT2D eigenvalue weighted by molar-refractivity contribution is 5.92. The molecule has 2 atom stereocenters. The first-order valence-corrected chi connectivity index (χ1v) is 7.98. The number of benzene rings is 1. The number of aromatic nitrogens is 2. The van der Waals surface area contributed by atoms with E-state index < -0.39 is 0 Å². The Morgan fingerprint density at radius 2 is 2.04 bits per heavy atom. The number of hydrogen-bond donors (Lipinski definition) is 3. The molecule has 0 aliphatic heterocycles. The largest absolute Gasteiger partial charge is 0.348 e. The number of H-pyrrole nitrogens is 1. The number of nitrogens with zero attached hydrogens (tertiary/aromatic N) is 1. The van der Waals surface area contributed by atoms with Crippen molar-refractivity contribution in [2.24, 2.45) is 11.7 Å². The highest BCUT2D eigenvalue weighted by Crippen LogP contribution is 2.24. The van der Waals surface area contributed by atoms with Crippen LogP contribution < -0.4 is 16.6 Å². The van der Waals surface area contributed by atoms with Gasteiger partial charge in [0.15, 0.2) is 0 Å². The molecule has 24 heavy (non-hydrogen) atoms. The van der Waals surface area contributed by atoms with E-state index in [4.69, 9.17) is 5.73 Å². The van der Waals surface area contributed by atoms with E-state index in [0.29, 0.717) is 18.2 Å². The lowest BCUT2D eigenvalue weighted by Gasteiger charge is -2.18. The Balaban J connectivity index is 0.00000208. The molecule has 0 spiro atoms. The number of aryl methyl sites for hydroxylation is 1. The van der Waals surface area contributed by atoms with E-state index >= 15 is 0 Å². The van der Waals surface area contributed by atoms with Gasteiger partial charge in [-0.2, -0.15) is 0 Å². The third-order valence-corrected chi connectivity index (χ3v) is 4.54. The lowest BCUT2D eigenvalue weighted by molar-refractivity contribution is 0.0923. The summed E-state index contributed by atoms with van der Waals surface area (Å²) in [6, 6.07) is 8.96. The second-order valence-corrected chi connectivity index (χ2v) is 6.19. The molecule has 7 heteroatoms. The maximum atomic E-state index is 12.4. The number of rotatable bonds is 4. The molecule has 1 amide bonds. The summed E-state index contributed by atoms with van der Waals surface area (Å²) in [5, 5.41) is 5.88. The maximum Gasteiger partial charge on any atom is 0.271 e. The summed E-state index contributed by atoms with van der Waals surface area (Å²) in [5.41, 5.74) is 7.59. The molecule has 0 bridgehead atoms. The quantitative estimate of drug-likeness (QED) is 0.784. The fourth-order valence-corrected chi connectivity index (χ4v) is 3.15. The van der Waals surface area contributed by atoms with Crippen molar-refractivity contribution in [2.45, 2.75) is 32.2 Å². The van der Waals surface area contributed by atoms with E-state index in [1.165, 1.54) is 10.7 Å². The Bertz CT molecular complexity index is 751. The van der Waals surface area contributed by atoms with E-state index in [-0.39, 0.29) is 35.6 Å². The molecule has 1 aromatic heterocycles. The van der Waals surface area contributed by atoms with Gasteiger partial charge in [0.05, 0.1) is 5.69 Å². The first-order chi connectivity index (χ1) is 11.1. The van der Waals surface area contributed by atoms with Crippen molar-refractivity contribution in [3.05, 3.63) is 51.9 Å². The Morgan fingerprint density at radius 1 is 1.33 bits per heavy atom. The Labute approximate surface area is 146 Å². The smallest absolute Gasteiger partial charge is 0.271 e. The number of hydrogen-bond acceptors (Lipinski definition) is 3. The first-order valence-electron chi connectivity index (χ1n) is 7.98. The van der Waals surface area contributed by atoms with Gasteiger partial charge in [0.25, 0.3) is 11.5 Å². The Morgan fingerprint density at radius 3 is 2.71 bits per heavy atom. The fraction of sp³-hybridized carbons (Fsp3) is 0.412. The van der Waals surface area contributed by atoms with Crippen LogP contribution in [-0.4, -0.2) is 28.3 Å². The van der Waals surface area contributed by atoms with Crippen LogP contribution in [0.1, 0.15) is 35.3 Å². The van der Waals surface area contributed by atoms with Crippen molar-refractivity contribution in [3.8, 4) is 5.69 Å². The molecule has 1 heterocycles. The van der Waals surface area contributed by atoms with E-state index in [1.54, 1.807) is 0 Å². The number of aromatic amines is 1. The van der Waals surface area contributed by atoms with Crippen molar-refractivity contribution in [2.75, 3.05) is 6.54 Å². The van der Waals surface area contributed by atoms with Gasteiger partial charge in [-0.05, 0) is 44.4 Å². The predicted molar refractivity (Wildman–Crippen MR) is 96.0 cm³/mol. The third-order valence-electron chi connectivity index (χ3n) is 4.54. The van der Waals surface area contributed by atoms with E-state index in [0.717, 1.165) is 24.8 Å². The van der Waals surface area contributed by atoms with Crippen molar-refractivity contribution in [3.63, 3.8) is 0 Å². The SMILES string of the molecule is Cc1ccc(-n2[nH]c(C(=O)NC3CCCC3CN)cc2=O)cc1.Cl. The van der Waals surface area contributed by atoms with Crippen LogP contribution in [0.3, 0.4) is 0 Å². The van der Waals surface area contributed by atoms with Gasteiger partial charge in [0.2, 0.25) is 0 Å². The molecule has 1 aromatic carbocycles. The molecule has 2 unspecified atom stereocenters. The number of carbonyl (C=O) groups excluding carboxylic acids is 1. The van der Waals surface area contributed by atoms with Gasteiger partial charge >= 0.3 is 0 Å². The highest BCUT2D eigenvalue weighted by Gasteiger charge is 2.28. The molecule has 1 aliphatic rings. The van der Waals surface area contributed by atoms with Crippen molar-refractivity contribution >= 4 is 18.3 Å². The van der Waals surface area contributed by atoms with E-state index in [1.807, 2.05) is 31.2 Å². The van der Waals surface area contributed by atoms with Gasteiger partial charge < -0.3 is 11.1 Å². The van der Waals surface area contributed by atoms with Crippen LogP contribution in [0, 0.1) is 12.8 Å². The summed E-state index contributed by atoms with van der Waals surface area (Å²) >= 11 is 0. The van der Waals surface area contributed by atoms with Crippen molar-refractivity contribution in [1.82, 2.24) is 15.1 Å². The maximum absolute atomic E-state index is 12.4. The highest BCUT2D eigenvalue weighted by atomic mass is 35.5. The monoisotopic (exact) mass is 350 g/mol. The molecule has 4 N–H and O–H groups in total. The molecule has 0 radical (unpaired) electrons. The summed E-state index contributed by atoms with van der Waals surface area (Å²) < 4.78 is 1.38. The predicted octanol–water partition coefficient (Wildman–Crippen LogP) is 1.75. The molecule has 6 nitrogen and oxygen atoms in total. The third kappa shape index (κ3) is 3.71. The minimum absolute atomic E-state index is 0. The molecule has 2 aromatic rings. The molecule has 0 saturated heterocycles. The summed E-state index contributed by atoms with van der Waals surface area (Å²) in [7, 11) is 0. The lowest BCUT2D eigenvalue weighted by atomic mass is 10.0. The van der Waals surface area contributed by atoms with Crippen LogP contribution in [0.15, 0.2) is 35.1 Å². The van der Waals surface area contributed by atoms with Gasteiger partial charge in [-0.3, -0.25) is 14.7 Å². The van der Waals surface area contributed by atoms with Gasteiger partial charge in [0, 0.05) is 12.1 Å². The zero-order valence-electron chi connectivity index (χ0n) is 13.6. The first kappa shape index (κ1) is 18.3. The molecule has 130 valence electrons. The summed E-state index contributed by atoms with van der Waals surface area (Å²) in [4.78, 5) is 24.5. The zero-order valence-corrected chi connectivity index (χ0v) is 14.4. The van der Waals surface area contributed by atoms with Gasteiger partial charge in [-0.1, -0.05) is 24.1 Å². The molecule has 1 fully saturated rings. The molecule has 3 rings (SSSR count). The Hall–Kier alpha value is -2.05. The molecular formula is C17H23ClN4O2. The van der Waals surface area contributed by atoms with E-state index in [2.05, 4.69) is 10.4 Å². The Kier molecular flexibility index (Phi) is 5.85. The number of amides is 1. The average Bonchev–Trinajstić information content (AvgIpc) is 3.14. The molecular weight excluding hydrogens is 328 g/mol. The second-order valence-electron chi connectivity index (χ2n) is 6.19. The topological polar surface area (TPSA) is 92.9 Å². The summed E-state index contributed by atoms with van der Waals surface area (Å²) in [6.07, 6.45) is 3.06. The minimum atomic E-state index is -0.252. The zero-order chi connectivity index (χ0) is 16.4. The van der Waals surface area contributed by atoms with Gasteiger partial charge in [-0.25, -0.2) is 4.68 Å². The van der Waals surface area contributed by atoms with Gasteiger partial charge in [0.1, 0.15) is 5.69 Å². The fourth-order valence-electron chi connectivity index (χ4n) is 3.15. The van der Waals surface area contributed by atoms with Crippen LogP contribution >= 0.6 is 12.4 Å². The van der Waals surface area contributed by atoms with Crippen LogP contribution in [-0.2, 0) is 0 Å². The van der Waals surface area contributed by atoms with Crippen molar-refractivity contribution in [1.29, 1.82) is 0 Å². The average molecular weight is 351 g/mol. The normalized spacial score (nSPS) is 19.8. The van der Waals surface area contributed by atoms with Crippen LogP contribution in [0.4, 0.5) is 0 Å². The number of nitrogens with two attached hydrogens (primary N) is 1. The second kappa shape index (κ2) is 7.68. The van der Waals surface area contributed by atoms with Gasteiger partial charge in [-0.15, -0.1) is 12.4 Å². The van der Waals surface area contributed by atoms with Crippen molar-refractivity contribution < 1.29 is 4.79 Å². The summed E-state index contributed by atoms with van der Waals surface area (Å²) in [5.74, 6) is 0.0724. The lowest BCUT2D eigenvalue weighted by Crippen LogP contribution is -2.40. The summed E-state index contributed by atoms with van der Waals surface area (Å²) in [6.45, 7) is 2.56. The molecule has 1 aliphatic carbocycles. The van der Waals surface area contributed by atoms with Crippen LogP contribution in [0.5, 0.6) is 0 Å². The van der Waals surface area contributed by atoms with Crippen LogP contribution in [0.2, 0.25) is 0 Å². The van der Waals surface area contributed by atoms with Crippen LogP contribution in [0.25, 0.3) is 5.69 Å². The number of nitrogens with one attached hydrogen (secondary N) is 2.